The molecule has 2 atom stereocenters. The Balaban J connectivity index is 2.24. The molecule has 1 saturated carbocycles. The molecular formula is C11H21NO3. The fraction of sp³-hybridized carbons (Fsp3) is 0.909. The molecule has 0 heterocycles. The maximum atomic E-state index is 11.2. The first-order valence-corrected chi connectivity index (χ1v) is 5.50. The Morgan fingerprint density at radius 3 is 2.73 bits per heavy atom. The lowest BCUT2D eigenvalue weighted by atomic mass is 10.1. The lowest BCUT2D eigenvalue weighted by molar-refractivity contribution is -0.160. The van der Waals surface area contributed by atoms with Crippen molar-refractivity contribution in [2.24, 2.45) is 5.92 Å². The highest BCUT2D eigenvalue weighted by atomic mass is 16.5. The minimum atomic E-state index is -1.42. The van der Waals surface area contributed by atoms with Gasteiger partial charge in [0.2, 0.25) is 0 Å². The van der Waals surface area contributed by atoms with Crippen molar-refractivity contribution < 1.29 is 14.6 Å². The second-order valence-electron chi connectivity index (χ2n) is 4.73. The van der Waals surface area contributed by atoms with Crippen LogP contribution in [0, 0.1) is 5.92 Å². The molecule has 0 bridgehead atoms. The minimum absolute atomic E-state index is 0.244. The summed E-state index contributed by atoms with van der Waals surface area (Å²) in [5, 5.41) is 12.9. The molecule has 88 valence electrons. The second kappa shape index (κ2) is 4.94. The van der Waals surface area contributed by atoms with E-state index in [1.807, 2.05) is 0 Å². The van der Waals surface area contributed by atoms with Crippen molar-refractivity contribution in [2.45, 2.75) is 44.8 Å². The number of hydrogen-bond donors (Lipinski definition) is 2. The van der Waals surface area contributed by atoms with Crippen LogP contribution in [0.15, 0.2) is 0 Å². The van der Waals surface area contributed by atoms with Crippen molar-refractivity contribution in [3.8, 4) is 0 Å². The van der Waals surface area contributed by atoms with Crippen molar-refractivity contribution in [3.63, 3.8) is 0 Å². The van der Waals surface area contributed by atoms with Gasteiger partial charge in [-0.2, -0.15) is 0 Å². The van der Waals surface area contributed by atoms with Gasteiger partial charge in [0.05, 0.1) is 7.11 Å². The second-order valence-corrected chi connectivity index (χ2v) is 4.73. The maximum Gasteiger partial charge on any atom is 0.338 e. The molecule has 0 radical (unpaired) electrons. The molecule has 0 aromatic heterocycles. The lowest BCUT2D eigenvalue weighted by Crippen LogP contribution is -2.47. The molecular weight excluding hydrogens is 194 g/mol. The van der Waals surface area contributed by atoms with Gasteiger partial charge in [-0.25, -0.2) is 4.79 Å². The van der Waals surface area contributed by atoms with Gasteiger partial charge in [-0.1, -0.05) is 12.8 Å². The molecule has 2 N–H and O–H groups in total. The van der Waals surface area contributed by atoms with E-state index in [4.69, 9.17) is 0 Å². The fourth-order valence-electron chi connectivity index (χ4n) is 1.60. The topological polar surface area (TPSA) is 58.6 Å². The number of esters is 1. The normalized spacial score (nSPS) is 21.9. The van der Waals surface area contributed by atoms with E-state index in [0.29, 0.717) is 6.04 Å². The molecule has 0 amide bonds. The Labute approximate surface area is 91.0 Å². The number of aliphatic hydroxyl groups is 1. The summed E-state index contributed by atoms with van der Waals surface area (Å²) < 4.78 is 4.51. The van der Waals surface area contributed by atoms with E-state index in [2.05, 4.69) is 17.0 Å². The summed E-state index contributed by atoms with van der Waals surface area (Å²) in [6, 6.07) is 0.341. The largest absolute Gasteiger partial charge is 0.467 e. The molecule has 4 heteroatoms. The average molecular weight is 215 g/mol. The van der Waals surface area contributed by atoms with Crippen LogP contribution in [0.3, 0.4) is 0 Å². The van der Waals surface area contributed by atoms with Crippen molar-refractivity contribution >= 4 is 5.97 Å². The Morgan fingerprint density at radius 2 is 2.27 bits per heavy atom. The molecule has 1 fully saturated rings. The average Bonchev–Trinajstić information content (AvgIpc) is 2.97. The Hall–Kier alpha value is -0.610. The van der Waals surface area contributed by atoms with Crippen LogP contribution in [0.4, 0.5) is 0 Å². The standard InChI is InChI=1S/C11H21NO3/c1-8(6-9-4-5-9)12-7-11(2,14)10(13)15-3/h8-9,12,14H,4-7H2,1-3H3. The highest BCUT2D eigenvalue weighted by Gasteiger charge is 2.32. The summed E-state index contributed by atoms with van der Waals surface area (Å²) in [4.78, 5) is 11.2. The van der Waals surface area contributed by atoms with E-state index in [1.165, 1.54) is 26.9 Å². The third kappa shape index (κ3) is 4.18. The molecule has 0 aromatic rings. The zero-order valence-corrected chi connectivity index (χ0v) is 9.75. The highest BCUT2D eigenvalue weighted by Crippen LogP contribution is 2.33. The van der Waals surface area contributed by atoms with Gasteiger partial charge < -0.3 is 15.2 Å². The van der Waals surface area contributed by atoms with E-state index in [1.54, 1.807) is 0 Å². The van der Waals surface area contributed by atoms with Crippen LogP contribution in [-0.2, 0) is 9.53 Å². The van der Waals surface area contributed by atoms with Gasteiger partial charge in [-0.15, -0.1) is 0 Å². The van der Waals surface area contributed by atoms with Crippen molar-refractivity contribution in [1.82, 2.24) is 5.32 Å². The van der Waals surface area contributed by atoms with Crippen LogP contribution in [-0.4, -0.2) is 36.4 Å². The predicted molar refractivity (Wildman–Crippen MR) is 57.4 cm³/mol. The first-order chi connectivity index (χ1) is 6.95. The summed E-state index contributed by atoms with van der Waals surface area (Å²) in [5.74, 6) is 0.254. The molecule has 0 saturated heterocycles. The van der Waals surface area contributed by atoms with Crippen LogP contribution in [0.2, 0.25) is 0 Å². The summed E-state index contributed by atoms with van der Waals surface area (Å²) in [5.41, 5.74) is -1.42. The van der Waals surface area contributed by atoms with Crippen LogP contribution < -0.4 is 5.32 Å². The quantitative estimate of drug-likeness (QED) is 0.640. The molecule has 15 heavy (non-hydrogen) atoms. The predicted octanol–water partition coefficient (Wildman–Crippen LogP) is 0.689. The van der Waals surface area contributed by atoms with Gasteiger partial charge in [-0.05, 0) is 26.2 Å². The lowest BCUT2D eigenvalue weighted by Gasteiger charge is -2.23. The van der Waals surface area contributed by atoms with E-state index < -0.39 is 11.6 Å². The van der Waals surface area contributed by atoms with Gasteiger partial charge in [0.1, 0.15) is 0 Å². The number of ether oxygens (including phenoxy) is 1. The smallest absolute Gasteiger partial charge is 0.338 e. The first-order valence-electron chi connectivity index (χ1n) is 5.50. The number of nitrogens with one attached hydrogen (secondary N) is 1. The highest BCUT2D eigenvalue weighted by molar-refractivity contribution is 5.78. The summed E-state index contributed by atoms with van der Waals surface area (Å²) in [6.07, 6.45) is 3.76. The van der Waals surface area contributed by atoms with E-state index in [0.717, 1.165) is 12.3 Å². The van der Waals surface area contributed by atoms with Crippen molar-refractivity contribution in [2.75, 3.05) is 13.7 Å². The Bertz CT molecular complexity index is 224. The van der Waals surface area contributed by atoms with Gasteiger partial charge in [0, 0.05) is 12.6 Å². The number of hydrogen-bond acceptors (Lipinski definition) is 4. The molecule has 0 aliphatic heterocycles. The minimum Gasteiger partial charge on any atom is -0.467 e. The van der Waals surface area contributed by atoms with E-state index in [-0.39, 0.29) is 6.54 Å². The first kappa shape index (κ1) is 12.5. The van der Waals surface area contributed by atoms with Crippen LogP contribution >= 0.6 is 0 Å². The molecule has 2 unspecified atom stereocenters. The zero-order valence-electron chi connectivity index (χ0n) is 9.75. The summed E-state index contributed by atoms with van der Waals surface area (Å²) in [6.45, 7) is 3.79. The van der Waals surface area contributed by atoms with Crippen molar-refractivity contribution in [1.29, 1.82) is 0 Å². The van der Waals surface area contributed by atoms with Crippen molar-refractivity contribution in [3.05, 3.63) is 0 Å². The van der Waals surface area contributed by atoms with Gasteiger partial charge in [-0.3, -0.25) is 0 Å². The number of carbonyl (C=O) groups excluding carboxylic acids is 1. The van der Waals surface area contributed by atoms with E-state index in [9.17, 15) is 9.90 Å². The maximum absolute atomic E-state index is 11.2. The monoisotopic (exact) mass is 215 g/mol. The Kier molecular flexibility index (Phi) is 4.11. The Morgan fingerprint density at radius 1 is 1.67 bits per heavy atom. The van der Waals surface area contributed by atoms with E-state index >= 15 is 0 Å². The number of carbonyl (C=O) groups is 1. The summed E-state index contributed by atoms with van der Waals surface area (Å²) in [7, 11) is 1.28. The third-order valence-electron chi connectivity index (χ3n) is 2.80. The fourth-order valence-corrected chi connectivity index (χ4v) is 1.60. The molecule has 0 spiro atoms. The van der Waals surface area contributed by atoms with Gasteiger partial charge in [0.25, 0.3) is 0 Å². The van der Waals surface area contributed by atoms with Crippen LogP contribution in [0.25, 0.3) is 0 Å². The summed E-state index contributed by atoms with van der Waals surface area (Å²) >= 11 is 0. The van der Waals surface area contributed by atoms with Gasteiger partial charge in [0.15, 0.2) is 5.60 Å². The zero-order chi connectivity index (χ0) is 11.5. The SMILES string of the molecule is COC(=O)C(C)(O)CNC(C)CC1CC1. The van der Waals surface area contributed by atoms with Gasteiger partial charge >= 0.3 is 5.97 Å². The molecule has 1 rings (SSSR count). The number of methoxy groups -OCH3 is 1. The molecule has 0 aromatic carbocycles. The van der Waals surface area contributed by atoms with Crippen LogP contribution in [0.1, 0.15) is 33.1 Å². The van der Waals surface area contributed by atoms with Crippen LogP contribution in [0.5, 0.6) is 0 Å². The third-order valence-corrected chi connectivity index (χ3v) is 2.80. The number of rotatable bonds is 6. The molecule has 4 nitrogen and oxygen atoms in total. The molecule has 1 aliphatic carbocycles. The molecule has 1 aliphatic rings.